The molecule has 1 aromatic carbocycles. The topological polar surface area (TPSA) is 117 Å². The largest absolute Gasteiger partial charge is 0.468 e. The predicted molar refractivity (Wildman–Crippen MR) is 148 cm³/mol. The summed E-state index contributed by atoms with van der Waals surface area (Å²) in [6, 6.07) is 4.14. The molecule has 4 atom stereocenters. The van der Waals surface area contributed by atoms with Crippen molar-refractivity contribution in [2.45, 2.75) is 86.6 Å². The molecule has 1 aromatic rings. The zero-order chi connectivity index (χ0) is 29.5. The van der Waals surface area contributed by atoms with Gasteiger partial charge in [-0.25, -0.2) is 0 Å². The minimum atomic E-state index is -0.737. The van der Waals surface area contributed by atoms with Crippen LogP contribution in [-0.2, 0) is 35.1 Å². The molecule has 0 aliphatic carbocycles. The first-order chi connectivity index (χ1) is 18.4. The lowest BCUT2D eigenvalue weighted by Crippen LogP contribution is -2.41. The van der Waals surface area contributed by atoms with Crippen LogP contribution in [0.4, 0.5) is 0 Å². The number of hydrogen-bond acceptors (Lipinski definition) is 9. The van der Waals surface area contributed by atoms with Gasteiger partial charge in [-0.15, -0.1) is 0 Å². The molecule has 0 bridgehead atoms. The van der Waals surface area contributed by atoms with Gasteiger partial charge < -0.3 is 24.3 Å². The van der Waals surface area contributed by atoms with Gasteiger partial charge in [0.05, 0.1) is 13.0 Å². The Morgan fingerprint density at radius 3 is 1.90 bits per heavy atom. The predicted octanol–water partition coefficient (Wildman–Crippen LogP) is 4.88. The van der Waals surface area contributed by atoms with E-state index in [1.165, 1.54) is 7.11 Å². The summed E-state index contributed by atoms with van der Waals surface area (Å²) in [5.41, 5.74) is 0.663. The second kappa shape index (κ2) is 17.6. The molecule has 9 nitrogen and oxygen atoms in total. The van der Waals surface area contributed by atoms with Crippen LogP contribution < -0.4 is 14.8 Å². The molecular formula is C30H47NO8. The molecule has 0 aliphatic heterocycles. The van der Waals surface area contributed by atoms with Crippen molar-refractivity contribution in [3.05, 3.63) is 23.8 Å². The maximum absolute atomic E-state index is 12.6. The average molecular weight is 550 g/mol. The standard InChI is InChI=1S/C30H47NO8/c1-9-20(5)15-27(32)38-25-12-11-23(18-26(25)39-28(33)16-21(6)10-2)17-24(30(35)36-8)31-13-14-37-29(34)22(7)19(3)4/h11-12,18-22,24,31H,9-10,13-17H2,1-8H3/t20?,21?,22?,24-/m0/s1. The van der Waals surface area contributed by atoms with Crippen molar-refractivity contribution >= 4 is 23.9 Å². The highest BCUT2D eigenvalue weighted by Gasteiger charge is 2.23. The lowest BCUT2D eigenvalue weighted by molar-refractivity contribution is -0.149. The van der Waals surface area contributed by atoms with E-state index in [1.807, 2.05) is 48.5 Å². The Hall–Kier alpha value is -2.94. The molecule has 39 heavy (non-hydrogen) atoms. The van der Waals surface area contributed by atoms with Crippen LogP contribution in [0.1, 0.15) is 79.7 Å². The first kappa shape index (κ1) is 34.1. The van der Waals surface area contributed by atoms with E-state index >= 15 is 0 Å². The monoisotopic (exact) mass is 549 g/mol. The van der Waals surface area contributed by atoms with Crippen LogP contribution in [0, 0.1) is 23.7 Å². The fraction of sp³-hybridized carbons (Fsp3) is 0.667. The number of ether oxygens (including phenoxy) is 4. The van der Waals surface area contributed by atoms with Crippen molar-refractivity contribution in [3.63, 3.8) is 0 Å². The highest BCUT2D eigenvalue weighted by molar-refractivity contribution is 5.77. The molecule has 0 aliphatic rings. The quantitative estimate of drug-likeness (QED) is 0.165. The minimum Gasteiger partial charge on any atom is -0.468 e. The Morgan fingerprint density at radius 1 is 0.821 bits per heavy atom. The van der Waals surface area contributed by atoms with Crippen molar-refractivity contribution in [2.24, 2.45) is 23.7 Å². The van der Waals surface area contributed by atoms with Crippen LogP contribution in [0.3, 0.4) is 0 Å². The number of hydrogen-bond donors (Lipinski definition) is 1. The Labute approximate surface area is 233 Å². The highest BCUT2D eigenvalue weighted by atomic mass is 16.6. The zero-order valence-corrected chi connectivity index (χ0v) is 24.8. The number of carbonyl (C=O) groups is 4. The molecule has 0 heterocycles. The summed E-state index contributed by atoms with van der Waals surface area (Å²) >= 11 is 0. The maximum Gasteiger partial charge on any atom is 0.323 e. The fourth-order valence-electron chi connectivity index (χ4n) is 3.44. The number of esters is 4. The normalized spacial score (nSPS) is 14.2. The number of carbonyl (C=O) groups excluding carboxylic acids is 4. The molecule has 0 aromatic heterocycles. The minimum absolute atomic E-state index is 0.104. The summed E-state index contributed by atoms with van der Waals surface area (Å²) in [5, 5.41) is 3.07. The Bertz CT molecular complexity index is 945. The van der Waals surface area contributed by atoms with Gasteiger partial charge in [-0.05, 0) is 41.9 Å². The molecule has 9 heteroatoms. The third-order valence-electron chi connectivity index (χ3n) is 6.91. The summed E-state index contributed by atoms with van der Waals surface area (Å²) < 4.78 is 21.4. The van der Waals surface area contributed by atoms with E-state index in [-0.39, 0.29) is 73.6 Å². The van der Waals surface area contributed by atoms with E-state index in [9.17, 15) is 19.2 Å². The summed E-state index contributed by atoms with van der Waals surface area (Å²) in [6.07, 6.45) is 2.33. The van der Waals surface area contributed by atoms with Crippen LogP contribution in [0.15, 0.2) is 18.2 Å². The van der Waals surface area contributed by atoms with Gasteiger partial charge in [-0.2, -0.15) is 0 Å². The number of nitrogens with one attached hydrogen (secondary N) is 1. The van der Waals surface area contributed by atoms with Crippen LogP contribution in [0.2, 0.25) is 0 Å². The average Bonchev–Trinajstić information content (AvgIpc) is 2.90. The van der Waals surface area contributed by atoms with Gasteiger partial charge in [0.2, 0.25) is 0 Å². The van der Waals surface area contributed by atoms with E-state index in [4.69, 9.17) is 18.9 Å². The molecule has 0 fully saturated rings. The van der Waals surface area contributed by atoms with Crippen LogP contribution in [-0.4, -0.2) is 50.2 Å². The number of benzene rings is 1. The summed E-state index contributed by atoms with van der Waals surface area (Å²) in [7, 11) is 1.29. The summed E-state index contributed by atoms with van der Waals surface area (Å²) in [5.74, 6) is -1.10. The lowest BCUT2D eigenvalue weighted by Gasteiger charge is -2.19. The number of methoxy groups -OCH3 is 1. The Kier molecular flexibility index (Phi) is 15.4. The summed E-state index contributed by atoms with van der Waals surface area (Å²) in [6.45, 7) is 14.0. The first-order valence-corrected chi connectivity index (χ1v) is 13.9. The van der Waals surface area contributed by atoms with Gasteiger partial charge in [0.1, 0.15) is 12.6 Å². The van der Waals surface area contributed by atoms with E-state index in [2.05, 4.69) is 5.32 Å². The molecule has 0 saturated heterocycles. The van der Waals surface area contributed by atoms with Gasteiger partial charge in [0, 0.05) is 19.4 Å². The molecule has 1 N–H and O–H groups in total. The third-order valence-corrected chi connectivity index (χ3v) is 6.91. The SMILES string of the molecule is CCC(C)CC(=O)Oc1ccc(C[C@H](NCCOC(=O)C(C)C(C)C)C(=O)OC)cc1OC(=O)CC(C)CC. The van der Waals surface area contributed by atoms with E-state index in [0.717, 1.165) is 12.8 Å². The van der Waals surface area contributed by atoms with Gasteiger partial charge in [-0.3, -0.25) is 19.2 Å². The van der Waals surface area contributed by atoms with Gasteiger partial charge >= 0.3 is 23.9 Å². The second-order valence-electron chi connectivity index (χ2n) is 10.6. The third kappa shape index (κ3) is 12.6. The zero-order valence-electron chi connectivity index (χ0n) is 24.8. The second-order valence-corrected chi connectivity index (χ2v) is 10.6. The van der Waals surface area contributed by atoms with Crippen LogP contribution in [0.5, 0.6) is 11.5 Å². The molecule has 0 spiro atoms. The smallest absolute Gasteiger partial charge is 0.323 e. The Balaban J connectivity index is 3.03. The molecule has 0 saturated carbocycles. The fourth-order valence-corrected chi connectivity index (χ4v) is 3.44. The lowest BCUT2D eigenvalue weighted by atomic mass is 9.99. The van der Waals surface area contributed by atoms with Gasteiger partial charge in [-0.1, -0.05) is 67.4 Å². The first-order valence-electron chi connectivity index (χ1n) is 13.9. The molecule has 0 radical (unpaired) electrons. The van der Waals surface area contributed by atoms with E-state index < -0.39 is 23.9 Å². The molecule has 3 unspecified atom stereocenters. The number of rotatable bonds is 17. The van der Waals surface area contributed by atoms with Crippen molar-refractivity contribution in [3.8, 4) is 11.5 Å². The Morgan fingerprint density at radius 2 is 1.38 bits per heavy atom. The molecule has 0 amide bonds. The molecule has 220 valence electrons. The van der Waals surface area contributed by atoms with Crippen molar-refractivity contribution in [1.82, 2.24) is 5.32 Å². The highest BCUT2D eigenvalue weighted by Crippen LogP contribution is 2.31. The van der Waals surface area contributed by atoms with Gasteiger partial charge in [0.25, 0.3) is 0 Å². The van der Waals surface area contributed by atoms with Gasteiger partial charge in [0.15, 0.2) is 11.5 Å². The van der Waals surface area contributed by atoms with Crippen LogP contribution >= 0.6 is 0 Å². The van der Waals surface area contributed by atoms with E-state index in [1.54, 1.807) is 18.2 Å². The van der Waals surface area contributed by atoms with Crippen molar-refractivity contribution in [1.29, 1.82) is 0 Å². The van der Waals surface area contributed by atoms with Crippen molar-refractivity contribution < 1.29 is 38.1 Å². The van der Waals surface area contributed by atoms with Crippen molar-refractivity contribution in [2.75, 3.05) is 20.3 Å². The van der Waals surface area contributed by atoms with Crippen LogP contribution in [0.25, 0.3) is 0 Å². The van der Waals surface area contributed by atoms with E-state index in [0.29, 0.717) is 5.56 Å². The summed E-state index contributed by atoms with van der Waals surface area (Å²) in [4.78, 5) is 49.5. The maximum atomic E-state index is 12.6. The molecule has 1 rings (SSSR count). The molecular weight excluding hydrogens is 502 g/mol.